The number of hydrogen-bond acceptors (Lipinski definition) is 5. The number of aromatic nitrogens is 1. The number of carbonyl (C=O) groups excluding carboxylic acids is 1. The Kier molecular flexibility index (Phi) is 5.54. The Balaban J connectivity index is 2.12. The van der Waals surface area contributed by atoms with Crippen LogP contribution in [0, 0.1) is 6.92 Å². The molecule has 0 fully saturated rings. The molecule has 3 N–H and O–H groups in total. The van der Waals surface area contributed by atoms with Gasteiger partial charge in [0.1, 0.15) is 17.2 Å². The first kappa shape index (κ1) is 16.8. The summed E-state index contributed by atoms with van der Waals surface area (Å²) in [5, 5.41) is 2.72. The third kappa shape index (κ3) is 4.43. The Bertz CT molecular complexity index is 689. The molecule has 6 heteroatoms. The number of rotatable bonds is 6. The van der Waals surface area contributed by atoms with Crippen molar-refractivity contribution in [1.29, 1.82) is 0 Å². The molecule has 0 bridgehead atoms. The number of anilines is 1. The van der Waals surface area contributed by atoms with Gasteiger partial charge in [0.2, 0.25) is 5.91 Å². The van der Waals surface area contributed by atoms with E-state index in [9.17, 15) is 4.79 Å². The minimum Gasteiger partial charge on any atom is -0.496 e. The van der Waals surface area contributed by atoms with Gasteiger partial charge in [-0.15, -0.1) is 0 Å². The van der Waals surface area contributed by atoms with Crippen LogP contribution in [0.3, 0.4) is 0 Å². The second-order valence-corrected chi connectivity index (χ2v) is 5.15. The summed E-state index contributed by atoms with van der Waals surface area (Å²) in [6.07, 6.45) is 3.68. The number of pyridine rings is 1. The third-order valence-electron chi connectivity index (χ3n) is 3.37. The standard InChI is InChI=1S/C17H21N3O3/c1-4-15(18)17(21)20-12-7-14(10-19-9-12)23-13-6-5-11(2)16(8-13)22-3/h5-10,15H,4,18H2,1-3H3,(H,20,21)/t15-/m1/s1. The van der Waals surface area contributed by atoms with Crippen molar-refractivity contribution in [3.63, 3.8) is 0 Å². The van der Waals surface area contributed by atoms with Gasteiger partial charge in [0.25, 0.3) is 0 Å². The van der Waals surface area contributed by atoms with Crippen molar-refractivity contribution in [3.05, 3.63) is 42.2 Å². The number of ether oxygens (including phenoxy) is 2. The van der Waals surface area contributed by atoms with Gasteiger partial charge >= 0.3 is 0 Å². The van der Waals surface area contributed by atoms with E-state index in [4.69, 9.17) is 15.2 Å². The van der Waals surface area contributed by atoms with E-state index in [0.29, 0.717) is 23.6 Å². The van der Waals surface area contributed by atoms with Gasteiger partial charge < -0.3 is 20.5 Å². The smallest absolute Gasteiger partial charge is 0.241 e. The van der Waals surface area contributed by atoms with Crippen LogP contribution in [-0.2, 0) is 4.79 Å². The first-order chi connectivity index (χ1) is 11.0. The zero-order valence-electron chi connectivity index (χ0n) is 13.5. The summed E-state index contributed by atoms with van der Waals surface area (Å²) in [6.45, 7) is 3.81. The van der Waals surface area contributed by atoms with Crippen LogP contribution in [0.5, 0.6) is 17.2 Å². The maximum atomic E-state index is 11.8. The molecule has 122 valence electrons. The van der Waals surface area contributed by atoms with Crippen LogP contribution in [0.1, 0.15) is 18.9 Å². The lowest BCUT2D eigenvalue weighted by Gasteiger charge is -2.12. The third-order valence-corrected chi connectivity index (χ3v) is 3.37. The Morgan fingerprint density at radius 2 is 2.09 bits per heavy atom. The van der Waals surface area contributed by atoms with Crippen molar-refractivity contribution >= 4 is 11.6 Å². The number of aryl methyl sites for hydroxylation is 1. The fourth-order valence-corrected chi connectivity index (χ4v) is 1.96. The molecule has 1 heterocycles. The molecule has 1 aromatic heterocycles. The normalized spacial score (nSPS) is 11.7. The number of nitrogens with two attached hydrogens (primary N) is 1. The summed E-state index contributed by atoms with van der Waals surface area (Å²) in [7, 11) is 1.61. The van der Waals surface area contributed by atoms with Gasteiger partial charge in [-0.25, -0.2) is 0 Å². The fraction of sp³-hybridized carbons (Fsp3) is 0.294. The number of hydrogen-bond donors (Lipinski definition) is 2. The molecule has 2 rings (SSSR count). The molecule has 0 aliphatic heterocycles. The second-order valence-electron chi connectivity index (χ2n) is 5.15. The SMILES string of the molecule is CC[C@@H](N)C(=O)Nc1cncc(Oc2ccc(C)c(OC)c2)c1. The summed E-state index contributed by atoms with van der Waals surface area (Å²) in [4.78, 5) is 15.9. The lowest BCUT2D eigenvalue weighted by atomic mass is 10.2. The molecular weight excluding hydrogens is 294 g/mol. The lowest BCUT2D eigenvalue weighted by molar-refractivity contribution is -0.117. The highest BCUT2D eigenvalue weighted by atomic mass is 16.5. The van der Waals surface area contributed by atoms with Crippen molar-refractivity contribution in [2.24, 2.45) is 5.73 Å². The maximum Gasteiger partial charge on any atom is 0.241 e. The zero-order chi connectivity index (χ0) is 16.8. The van der Waals surface area contributed by atoms with Crippen molar-refractivity contribution in [2.75, 3.05) is 12.4 Å². The molecule has 0 spiro atoms. The molecule has 0 aliphatic rings. The highest BCUT2D eigenvalue weighted by Crippen LogP contribution is 2.28. The quantitative estimate of drug-likeness (QED) is 0.856. The zero-order valence-corrected chi connectivity index (χ0v) is 13.5. The summed E-state index contributed by atoms with van der Waals surface area (Å²) in [5.74, 6) is 1.64. The van der Waals surface area contributed by atoms with Crippen molar-refractivity contribution in [1.82, 2.24) is 4.98 Å². The van der Waals surface area contributed by atoms with Gasteiger partial charge in [-0.3, -0.25) is 9.78 Å². The fourth-order valence-electron chi connectivity index (χ4n) is 1.96. The Hall–Kier alpha value is -2.60. The molecule has 6 nitrogen and oxygen atoms in total. The molecule has 0 radical (unpaired) electrons. The van der Waals surface area contributed by atoms with Crippen LogP contribution >= 0.6 is 0 Å². The highest BCUT2D eigenvalue weighted by Gasteiger charge is 2.11. The van der Waals surface area contributed by atoms with Crippen LogP contribution in [-0.4, -0.2) is 24.0 Å². The Morgan fingerprint density at radius 1 is 1.30 bits per heavy atom. The van der Waals surface area contributed by atoms with Gasteiger partial charge in [-0.05, 0) is 25.0 Å². The average molecular weight is 315 g/mol. The molecule has 1 aromatic carbocycles. The van der Waals surface area contributed by atoms with E-state index in [1.807, 2.05) is 26.0 Å². The average Bonchev–Trinajstić information content (AvgIpc) is 2.56. The predicted molar refractivity (Wildman–Crippen MR) is 88.9 cm³/mol. The molecule has 0 saturated heterocycles. The van der Waals surface area contributed by atoms with Gasteiger partial charge in [0, 0.05) is 12.1 Å². The number of benzene rings is 1. The highest BCUT2D eigenvalue weighted by molar-refractivity contribution is 5.94. The minimum absolute atomic E-state index is 0.247. The number of nitrogens with zero attached hydrogens (tertiary/aromatic N) is 1. The van der Waals surface area contributed by atoms with Crippen LogP contribution in [0.15, 0.2) is 36.7 Å². The number of amides is 1. The maximum absolute atomic E-state index is 11.8. The molecule has 2 aromatic rings. The minimum atomic E-state index is -0.541. The molecule has 0 saturated carbocycles. The van der Waals surface area contributed by atoms with Crippen molar-refractivity contribution < 1.29 is 14.3 Å². The first-order valence-corrected chi connectivity index (χ1v) is 7.37. The van der Waals surface area contributed by atoms with E-state index in [1.54, 1.807) is 31.6 Å². The van der Waals surface area contributed by atoms with Gasteiger partial charge in [-0.1, -0.05) is 13.0 Å². The molecule has 1 atom stereocenters. The monoisotopic (exact) mass is 315 g/mol. The number of carbonyl (C=O) groups is 1. The van der Waals surface area contributed by atoms with Crippen LogP contribution in [0.25, 0.3) is 0 Å². The Labute approximate surface area is 135 Å². The van der Waals surface area contributed by atoms with Crippen molar-refractivity contribution in [3.8, 4) is 17.2 Å². The topological polar surface area (TPSA) is 86.5 Å². The van der Waals surface area contributed by atoms with Gasteiger partial charge in [0.15, 0.2) is 0 Å². The molecular formula is C17H21N3O3. The Morgan fingerprint density at radius 3 is 2.78 bits per heavy atom. The van der Waals surface area contributed by atoms with E-state index in [2.05, 4.69) is 10.3 Å². The van der Waals surface area contributed by atoms with E-state index >= 15 is 0 Å². The van der Waals surface area contributed by atoms with Gasteiger partial charge in [0.05, 0.1) is 31.2 Å². The molecule has 0 unspecified atom stereocenters. The number of nitrogens with one attached hydrogen (secondary N) is 1. The van der Waals surface area contributed by atoms with Crippen LogP contribution < -0.4 is 20.5 Å². The van der Waals surface area contributed by atoms with E-state index in [-0.39, 0.29) is 5.91 Å². The summed E-state index contributed by atoms with van der Waals surface area (Å²) < 4.78 is 11.0. The van der Waals surface area contributed by atoms with Crippen LogP contribution in [0.2, 0.25) is 0 Å². The second kappa shape index (κ2) is 7.60. The number of methoxy groups -OCH3 is 1. The molecule has 23 heavy (non-hydrogen) atoms. The first-order valence-electron chi connectivity index (χ1n) is 7.37. The summed E-state index contributed by atoms with van der Waals surface area (Å²) >= 11 is 0. The van der Waals surface area contributed by atoms with Gasteiger partial charge in [-0.2, -0.15) is 0 Å². The largest absolute Gasteiger partial charge is 0.496 e. The van der Waals surface area contributed by atoms with E-state index < -0.39 is 6.04 Å². The van der Waals surface area contributed by atoms with E-state index in [0.717, 1.165) is 11.3 Å². The molecule has 1 amide bonds. The van der Waals surface area contributed by atoms with Crippen LogP contribution in [0.4, 0.5) is 5.69 Å². The molecule has 0 aliphatic carbocycles. The summed E-state index contributed by atoms with van der Waals surface area (Å²) in [5.41, 5.74) is 7.25. The predicted octanol–water partition coefficient (Wildman–Crippen LogP) is 2.87. The summed E-state index contributed by atoms with van der Waals surface area (Å²) in [6, 6.07) is 6.71. The van der Waals surface area contributed by atoms with E-state index in [1.165, 1.54) is 0 Å². The lowest BCUT2D eigenvalue weighted by Crippen LogP contribution is -2.34. The van der Waals surface area contributed by atoms with Crippen molar-refractivity contribution in [2.45, 2.75) is 26.3 Å².